The minimum absolute atomic E-state index is 0.0870. The molecule has 10 heteroatoms. The van der Waals surface area contributed by atoms with E-state index in [0.29, 0.717) is 17.1 Å². The van der Waals surface area contributed by atoms with Crippen molar-refractivity contribution < 1.29 is 22.8 Å². The van der Waals surface area contributed by atoms with E-state index in [4.69, 9.17) is 0 Å². The van der Waals surface area contributed by atoms with Crippen molar-refractivity contribution in [2.45, 2.75) is 20.0 Å². The molecule has 2 aromatic carbocycles. The number of carbonyl (C=O) groups excluding carboxylic acids is 2. The average Bonchev–Trinajstić information content (AvgIpc) is 3.41. The number of hydrogen-bond donors (Lipinski definition) is 1. The van der Waals surface area contributed by atoms with Gasteiger partial charge in [-0.1, -0.05) is 18.2 Å². The normalized spacial score (nSPS) is 11.4. The van der Waals surface area contributed by atoms with Crippen LogP contribution in [0.15, 0.2) is 67.0 Å². The third-order valence-electron chi connectivity index (χ3n) is 5.05. The van der Waals surface area contributed by atoms with Crippen LogP contribution in [0.5, 0.6) is 0 Å². The van der Waals surface area contributed by atoms with E-state index in [-0.39, 0.29) is 16.9 Å². The molecule has 0 bridgehead atoms. The first-order chi connectivity index (χ1) is 15.7. The van der Waals surface area contributed by atoms with Gasteiger partial charge in [0.25, 0.3) is 11.7 Å². The van der Waals surface area contributed by atoms with Crippen LogP contribution in [0.2, 0.25) is 0 Å². The summed E-state index contributed by atoms with van der Waals surface area (Å²) >= 11 is 0. The maximum absolute atomic E-state index is 13.3. The third-order valence-corrected chi connectivity index (χ3v) is 5.05. The molecule has 0 aliphatic rings. The number of aromatic nitrogens is 4. The Morgan fingerprint density at radius 2 is 1.73 bits per heavy atom. The van der Waals surface area contributed by atoms with E-state index in [1.165, 1.54) is 27.8 Å². The number of hydrogen-bond acceptors (Lipinski definition) is 4. The SMILES string of the molecule is Cc1nn(-c2ccccc2)c(C)c1C(=O)C(=O)Nc1cc(C(F)(F)F)ccc1-n1cccn1. The molecule has 33 heavy (non-hydrogen) atoms. The van der Waals surface area contributed by atoms with Crippen LogP contribution in [0.25, 0.3) is 11.4 Å². The topological polar surface area (TPSA) is 81.8 Å². The number of Topliss-reactive ketones (excluding diaryl/α,β-unsaturated/α-hetero) is 1. The van der Waals surface area contributed by atoms with Crippen LogP contribution in [-0.2, 0) is 11.0 Å². The van der Waals surface area contributed by atoms with Crippen LogP contribution in [0.1, 0.15) is 27.3 Å². The number of para-hydroxylation sites is 1. The highest BCUT2D eigenvalue weighted by Gasteiger charge is 2.32. The van der Waals surface area contributed by atoms with Crippen molar-refractivity contribution in [3.05, 3.63) is 89.5 Å². The molecule has 0 atom stereocenters. The number of alkyl halides is 3. The maximum atomic E-state index is 13.3. The fourth-order valence-electron chi connectivity index (χ4n) is 3.51. The van der Waals surface area contributed by atoms with E-state index in [9.17, 15) is 22.8 Å². The van der Waals surface area contributed by atoms with Gasteiger partial charge in [-0.2, -0.15) is 23.4 Å². The zero-order chi connectivity index (χ0) is 23.8. The minimum atomic E-state index is -4.63. The molecular formula is C23H18F3N5O2. The van der Waals surface area contributed by atoms with E-state index < -0.39 is 23.4 Å². The van der Waals surface area contributed by atoms with Crippen molar-refractivity contribution in [1.29, 1.82) is 0 Å². The van der Waals surface area contributed by atoms with Crippen molar-refractivity contribution >= 4 is 17.4 Å². The zero-order valence-electron chi connectivity index (χ0n) is 17.6. The number of rotatable bonds is 5. The first kappa shape index (κ1) is 22.0. The Kier molecular flexibility index (Phi) is 5.59. The lowest BCUT2D eigenvalue weighted by molar-refractivity contribution is -0.137. The van der Waals surface area contributed by atoms with Gasteiger partial charge in [0.05, 0.1) is 39.6 Å². The summed E-state index contributed by atoms with van der Waals surface area (Å²) in [7, 11) is 0. The number of nitrogens with one attached hydrogen (secondary N) is 1. The quantitative estimate of drug-likeness (QED) is 0.356. The number of benzene rings is 2. The van der Waals surface area contributed by atoms with Gasteiger partial charge in [-0.05, 0) is 50.2 Å². The Labute approximate surface area is 186 Å². The molecule has 0 aliphatic heterocycles. The molecule has 0 unspecified atom stereocenters. The Hall–Kier alpha value is -4.21. The van der Waals surface area contributed by atoms with Gasteiger partial charge in [0.2, 0.25) is 0 Å². The highest BCUT2D eigenvalue weighted by molar-refractivity contribution is 6.47. The maximum Gasteiger partial charge on any atom is 0.416 e. The molecule has 0 aliphatic carbocycles. The Morgan fingerprint density at radius 3 is 2.36 bits per heavy atom. The smallest absolute Gasteiger partial charge is 0.317 e. The first-order valence-corrected chi connectivity index (χ1v) is 9.85. The predicted molar refractivity (Wildman–Crippen MR) is 115 cm³/mol. The third kappa shape index (κ3) is 4.27. The predicted octanol–water partition coefficient (Wildman–Crippen LogP) is 4.52. The standard InChI is InChI=1S/C23H18F3N5O2/c1-14-20(15(2)31(29-14)17-7-4-3-5-8-17)21(32)22(33)28-18-13-16(23(24,25)26)9-10-19(18)30-12-6-11-27-30/h3-13H,1-2H3,(H,28,33). The van der Waals surface area contributed by atoms with Gasteiger partial charge in [0.15, 0.2) is 0 Å². The van der Waals surface area contributed by atoms with Gasteiger partial charge in [-0.25, -0.2) is 9.36 Å². The summed E-state index contributed by atoms with van der Waals surface area (Å²) in [5, 5.41) is 10.7. The number of aryl methyl sites for hydroxylation is 1. The number of ketones is 1. The van der Waals surface area contributed by atoms with E-state index in [1.807, 2.05) is 18.2 Å². The van der Waals surface area contributed by atoms with Crippen molar-refractivity contribution in [2.24, 2.45) is 0 Å². The minimum Gasteiger partial charge on any atom is -0.317 e. The number of amides is 1. The summed E-state index contributed by atoms with van der Waals surface area (Å²) in [5.41, 5.74) is 0.578. The molecule has 0 saturated heterocycles. The van der Waals surface area contributed by atoms with Crippen molar-refractivity contribution in [2.75, 3.05) is 5.32 Å². The molecule has 7 nitrogen and oxygen atoms in total. The molecule has 0 spiro atoms. The van der Waals surface area contributed by atoms with Gasteiger partial charge in [0, 0.05) is 12.4 Å². The fraction of sp³-hybridized carbons (Fsp3) is 0.130. The van der Waals surface area contributed by atoms with Crippen LogP contribution in [0, 0.1) is 13.8 Å². The molecule has 168 valence electrons. The number of halogens is 3. The van der Waals surface area contributed by atoms with Crippen LogP contribution < -0.4 is 5.32 Å². The lowest BCUT2D eigenvalue weighted by Crippen LogP contribution is -2.25. The van der Waals surface area contributed by atoms with E-state index in [2.05, 4.69) is 15.5 Å². The van der Waals surface area contributed by atoms with Gasteiger partial charge in [-0.15, -0.1) is 0 Å². The molecule has 4 rings (SSSR count). The Bertz CT molecular complexity index is 1330. The number of anilines is 1. The summed E-state index contributed by atoms with van der Waals surface area (Å²) in [5.74, 6) is -1.99. The summed E-state index contributed by atoms with van der Waals surface area (Å²) in [4.78, 5) is 25.8. The van der Waals surface area contributed by atoms with Gasteiger partial charge in [-0.3, -0.25) is 9.59 Å². The second kappa shape index (κ2) is 8.38. The first-order valence-electron chi connectivity index (χ1n) is 9.85. The summed E-state index contributed by atoms with van der Waals surface area (Å²) < 4.78 is 42.6. The Morgan fingerprint density at radius 1 is 1.00 bits per heavy atom. The number of nitrogens with zero attached hydrogens (tertiary/aromatic N) is 4. The number of carbonyl (C=O) groups is 2. The average molecular weight is 453 g/mol. The van der Waals surface area contributed by atoms with E-state index >= 15 is 0 Å². The molecule has 4 aromatic rings. The molecular weight excluding hydrogens is 435 g/mol. The largest absolute Gasteiger partial charge is 0.416 e. The highest BCUT2D eigenvalue weighted by atomic mass is 19.4. The van der Waals surface area contributed by atoms with Crippen LogP contribution in [0.3, 0.4) is 0 Å². The monoisotopic (exact) mass is 453 g/mol. The van der Waals surface area contributed by atoms with Crippen molar-refractivity contribution in [3.8, 4) is 11.4 Å². The molecule has 0 fully saturated rings. The lowest BCUT2D eigenvalue weighted by Gasteiger charge is -2.14. The zero-order valence-corrected chi connectivity index (χ0v) is 17.6. The lowest BCUT2D eigenvalue weighted by atomic mass is 10.1. The van der Waals surface area contributed by atoms with Gasteiger partial charge >= 0.3 is 6.18 Å². The molecule has 1 amide bonds. The molecule has 0 radical (unpaired) electrons. The van der Waals surface area contributed by atoms with Crippen molar-refractivity contribution in [3.63, 3.8) is 0 Å². The second-order valence-corrected chi connectivity index (χ2v) is 7.26. The van der Waals surface area contributed by atoms with Gasteiger partial charge in [0.1, 0.15) is 0 Å². The van der Waals surface area contributed by atoms with Crippen LogP contribution in [0.4, 0.5) is 18.9 Å². The summed E-state index contributed by atoms with van der Waals surface area (Å²) in [6.45, 7) is 3.24. The summed E-state index contributed by atoms with van der Waals surface area (Å²) in [6, 6.07) is 13.5. The van der Waals surface area contributed by atoms with Crippen molar-refractivity contribution in [1.82, 2.24) is 19.6 Å². The van der Waals surface area contributed by atoms with Gasteiger partial charge < -0.3 is 5.32 Å². The second-order valence-electron chi connectivity index (χ2n) is 7.26. The highest BCUT2D eigenvalue weighted by Crippen LogP contribution is 2.33. The molecule has 2 heterocycles. The molecule has 2 aromatic heterocycles. The fourth-order valence-corrected chi connectivity index (χ4v) is 3.51. The summed E-state index contributed by atoms with van der Waals surface area (Å²) in [6.07, 6.45) is -1.67. The van der Waals surface area contributed by atoms with E-state index in [0.717, 1.165) is 12.1 Å². The Balaban J connectivity index is 1.69. The van der Waals surface area contributed by atoms with Crippen LogP contribution >= 0.6 is 0 Å². The molecule has 0 saturated carbocycles. The molecule has 1 N–H and O–H groups in total. The van der Waals surface area contributed by atoms with Crippen LogP contribution in [-0.4, -0.2) is 31.3 Å². The van der Waals surface area contributed by atoms with E-state index in [1.54, 1.807) is 32.0 Å².